The Morgan fingerprint density at radius 3 is 2.57 bits per heavy atom. The Labute approximate surface area is 128 Å². The third kappa shape index (κ3) is 3.97. The Balaban J connectivity index is 2.28. The molecule has 118 valence electrons. The van der Waals surface area contributed by atoms with Crippen molar-refractivity contribution in [2.75, 3.05) is 24.5 Å². The number of hydrogen-bond donors (Lipinski definition) is 1. The molecule has 0 amide bonds. The topological polar surface area (TPSA) is 15.3 Å². The van der Waals surface area contributed by atoms with Gasteiger partial charge in [0.2, 0.25) is 0 Å². The summed E-state index contributed by atoms with van der Waals surface area (Å²) in [4.78, 5) is 2.38. The third-order valence-electron chi connectivity index (χ3n) is 4.37. The summed E-state index contributed by atoms with van der Waals surface area (Å²) in [5.74, 6) is 1.25. The second kappa shape index (κ2) is 7.26. The van der Waals surface area contributed by atoms with E-state index in [4.69, 9.17) is 0 Å². The lowest BCUT2D eigenvalue weighted by Gasteiger charge is -2.38. The van der Waals surface area contributed by atoms with Gasteiger partial charge in [0, 0.05) is 30.4 Å². The van der Waals surface area contributed by atoms with Crippen LogP contribution in [0.15, 0.2) is 18.2 Å². The highest BCUT2D eigenvalue weighted by Crippen LogP contribution is 2.33. The molecule has 0 radical (unpaired) electrons. The fourth-order valence-electron chi connectivity index (χ4n) is 3.55. The number of piperidine rings is 1. The van der Waals surface area contributed by atoms with Crippen LogP contribution in [0.5, 0.6) is 0 Å². The number of rotatable bonds is 5. The van der Waals surface area contributed by atoms with E-state index in [1.807, 2.05) is 6.07 Å². The Morgan fingerprint density at radius 2 is 1.95 bits per heavy atom. The Kier molecular flexibility index (Phi) is 5.63. The summed E-state index contributed by atoms with van der Waals surface area (Å²) in [7, 11) is 0. The first-order valence-corrected chi connectivity index (χ1v) is 8.29. The highest BCUT2D eigenvalue weighted by molar-refractivity contribution is 5.56. The van der Waals surface area contributed by atoms with Gasteiger partial charge in [-0.1, -0.05) is 26.8 Å². The normalized spacial score (nSPS) is 24.1. The van der Waals surface area contributed by atoms with E-state index in [1.54, 1.807) is 6.07 Å². The molecule has 3 heteroatoms. The molecule has 1 aromatic carbocycles. The fraction of sp³-hybridized carbons (Fsp3) is 0.667. The van der Waals surface area contributed by atoms with Crippen molar-refractivity contribution < 1.29 is 4.39 Å². The van der Waals surface area contributed by atoms with Gasteiger partial charge in [-0.3, -0.25) is 0 Å². The summed E-state index contributed by atoms with van der Waals surface area (Å²) >= 11 is 0. The van der Waals surface area contributed by atoms with Gasteiger partial charge in [-0.2, -0.15) is 0 Å². The van der Waals surface area contributed by atoms with Crippen LogP contribution < -0.4 is 10.2 Å². The van der Waals surface area contributed by atoms with Crippen LogP contribution in [0.2, 0.25) is 0 Å². The van der Waals surface area contributed by atoms with Crippen molar-refractivity contribution >= 4 is 5.69 Å². The maximum atomic E-state index is 14.4. The highest BCUT2D eigenvalue weighted by atomic mass is 19.1. The van der Waals surface area contributed by atoms with E-state index in [0.717, 1.165) is 37.3 Å². The van der Waals surface area contributed by atoms with Crippen LogP contribution in [0, 0.1) is 17.7 Å². The molecule has 0 spiro atoms. The fourth-order valence-corrected chi connectivity index (χ4v) is 3.55. The first-order valence-electron chi connectivity index (χ1n) is 8.29. The van der Waals surface area contributed by atoms with E-state index >= 15 is 0 Å². The molecule has 1 saturated heterocycles. The number of nitrogens with zero attached hydrogens (tertiary/aromatic N) is 1. The van der Waals surface area contributed by atoms with Crippen LogP contribution in [-0.4, -0.2) is 19.6 Å². The number of halogens is 1. The van der Waals surface area contributed by atoms with Gasteiger partial charge in [0.1, 0.15) is 5.82 Å². The van der Waals surface area contributed by atoms with Crippen LogP contribution in [0.25, 0.3) is 0 Å². The third-order valence-corrected chi connectivity index (χ3v) is 4.37. The Bertz CT molecular complexity index is 451. The van der Waals surface area contributed by atoms with Crippen LogP contribution in [0.1, 0.15) is 52.1 Å². The maximum Gasteiger partial charge on any atom is 0.130 e. The molecule has 1 fully saturated rings. The van der Waals surface area contributed by atoms with E-state index in [0.29, 0.717) is 11.8 Å². The van der Waals surface area contributed by atoms with Crippen molar-refractivity contribution in [3.8, 4) is 0 Å². The maximum absolute atomic E-state index is 14.4. The van der Waals surface area contributed by atoms with Crippen molar-refractivity contribution in [1.29, 1.82) is 0 Å². The van der Waals surface area contributed by atoms with Crippen LogP contribution in [-0.2, 0) is 0 Å². The van der Waals surface area contributed by atoms with Gasteiger partial charge in [0.15, 0.2) is 0 Å². The zero-order valence-corrected chi connectivity index (χ0v) is 13.8. The van der Waals surface area contributed by atoms with Gasteiger partial charge in [-0.25, -0.2) is 4.39 Å². The molecule has 0 bridgehead atoms. The molecule has 21 heavy (non-hydrogen) atoms. The lowest BCUT2D eigenvalue weighted by atomic mass is 9.90. The van der Waals surface area contributed by atoms with Crippen LogP contribution in [0.4, 0.5) is 10.1 Å². The second-order valence-electron chi connectivity index (χ2n) is 6.70. The zero-order valence-electron chi connectivity index (χ0n) is 13.8. The predicted molar refractivity (Wildman–Crippen MR) is 88.3 cm³/mol. The lowest BCUT2D eigenvalue weighted by Crippen LogP contribution is -2.39. The van der Waals surface area contributed by atoms with Gasteiger partial charge < -0.3 is 10.2 Å². The van der Waals surface area contributed by atoms with Crippen LogP contribution >= 0.6 is 0 Å². The molecule has 2 rings (SSSR count). The van der Waals surface area contributed by atoms with Crippen molar-refractivity contribution in [3.63, 3.8) is 0 Å². The molecule has 1 aliphatic heterocycles. The molecule has 1 heterocycles. The minimum Gasteiger partial charge on any atom is -0.371 e. The number of nitrogens with one attached hydrogen (secondary N) is 1. The van der Waals surface area contributed by atoms with Crippen molar-refractivity contribution in [3.05, 3.63) is 29.6 Å². The van der Waals surface area contributed by atoms with Crippen LogP contribution in [0.3, 0.4) is 0 Å². The highest BCUT2D eigenvalue weighted by Gasteiger charge is 2.26. The number of benzene rings is 1. The molecule has 0 saturated carbocycles. The summed E-state index contributed by atoms with van der Waals surface area (Å²) in [5, 5.41) is 3.42. The van der Waals surface area contributed by atoms with Gasteiger partial charge in [0.05, 0.1) is 0 Å². The van der Waals surface area contributed by atoms with E-state index in [1.165, 1.54) is 6.42 Å². The van der Waals surface area contributed by atoms with Gasteiger partial charge in [-0.05, 0) is 50.3 Å². The molecule has 1 aromatic rings. The molecule has 3 atom stereocenters. The molecule has 1 N–H and O–H groups in total. The van der Waals surface area contributed by atoms with Crippen molar-refractivity contribution in [1.82, 2.24) is 5.32 Å². The summed E-state index contributed by atoms with van der Waals surface area (Å²) in [6.07, 6.45) is 2.33. The monoisotopic (exact) mass is 292 g/mol. The van der Waals surface area contributed by atoms with Gasteiger partial charge >= 0.3 is 0 Å². The van der Waals surface area contributed by atoms with E-state index in [9.17, 15) is 4.39 Å². The molecule has 0 aromatic heterocycles. The van der Waals surface area contributed by atoms with Crippen molar-refractivity contribution in [2.24, 2.45) is 11.8 Å². The average molecular weight is 292 g/mol. The lowest BCUT2D eigenvalue weighted by molar-refractivity contribution is 0.355. The average Bonchev–Trinajstić information content (AvgIpc) is 2.43. The van der Waals surface area contributed by atoms with Gasteiger partial charge in [0.25, 0.3) is 0 Å². The standard InChI is InChI=1S/C18H29FN2/c1-5-9-20-15(4)18-16(19)7-6-8-17(18)21-11-13(2)10-14(3)12-21/h6-8,13-15,20H,5,9-12H2,1-4H3. The second-order valence-corrected chi connectivity index (χ2v) is 6.70. The number of hydrogen-bond acceptors (Lipinski definition) is 2. The smallest absolute Gasteiger partial charge is 0.130 e. The molecular formula is C18H29FN2. The minimum atomic E-state index is -0.0884. The number of anilines is 1. The summed E-state index contributed by atoms with van der Waals surface area (Å²) in [5.41, 5.74) is 1.90. The zero-order chi connectivity index (χ0) is 15.4. The van der Waals surface area contributed by atoms with E-state index in [2.05, 4.69) is 44.0 Å². The summed E-state index contributed by atoms with van der Waals surface area (Å²) < 4.78 is 14.4. The largest absolute Gasteiger partial charge is 0.371 e. The van der Waals surface area contributed by atoms with Gasteiger partial charge in [-0.15, -0.1) is 0 Å². The Morgan fingerprint density at radius 1 is 1.29 bits per heavy atom. The van der Waals surface area contributed by atoms with E-state index < -0.39 is 0 Å². The first-order chi connectivity index (χ1) is 10.0. The quantitative estimate of drug-likeness (QED) is 0.867. The van der Waals surface area contributed by atoms with Crippen molar-refractivity contribution in [2.45, 2.75) is 46.6 Å². The predicted octanol–water partition coefficient (Wildman–Crippen LogP) is 4.37. The molecular weight excluding hydrogens is 263 g/mol. The summed E-state index contributed by atoms with van der Waals surface area (Å²) in [6, 6.07) is 5.55. The SMILES string of the molecule is CCCNC(C)c1c(F)cccc1N1CC(C)CC(C)C1. The summed E-state index contributed by atoms with van der Waals surface area (Å²) in [6.45, 7) is 11.8. The minimum absolute atomic E-state index is 0.0497. The molecule has 1 aliphatic rings. The molecule has 2 nitrogen and oxygen atoms in total. The molecule has 0 aliphatic carbocycles. The molecule has 3 unspecified atom stereocenters. The Hall–Kier alpha value is -1.09. The first kappa shape index (κ1) is 16.3. The van der Waals surface area contributed by atoms with E-state index in [-0.39, 0.29) is 11.9 Å².